The molecular weight excluding hydrogens is 380 g/mol. The first-order valence-corrected chi connectivity index (χ1v) is 2.53. The minimum absolute atomic E-state index is 0. The van der Waals surface area contributed by atoms with Crippen molar-refractivity contribution in [2.45, 2.75) is 12.5 Å². The second-order valence-electron chi connectivity index (χ2n) is 1.41. The molecule has 0 aliphatic carbocycles. The third kappa shape index (κ3) is 11.7. The van der Waals surface area contributed by atoms with Crippen molar-refractivity contribution in [2.75, 3.05) is 0 Å². The average Bonchev–Trinajstić information content (AvgIpc) is 1.63. The molecule has 7 heteroatoms. The van der Waals surface area contributed by atoms with E-state index in [0.29, 0.717) is 0 Å². The fraction of sp³-hybridized carbons (Fsp3) is 0.500. The van der Waals surface area contributed by atoms with Crippen LogP contribution in [0.2, 0.25) is 0 Å². The van der Waals surface area contributed by atoms with Crippen LogP contribution in [0.1, 0.15) is 6.42 Å². The normalized spacial score (nSPS) is 10.3. The number of carboxylic acid groups (broad SMARTS) is 1. The van der Waals surface area contributed by atoms with Gasteiger partial charge in [-0.25, -0.2) is 0 Å². The topological polar surface area (TPSA) is 77.4 Å². The van der Waals surface area contributed by atoms with Crippen molar-refractivity contribution >= 4 is 23.7 Å². The van der Waals surface area contributed by atoms with Crippen LogP contribution in [0, 0.1) is 0 Å². The Morgan fingerprint density at radius 1 is 1.55 bits per heavy atom. The third-order valence-corrected chi connectivity index (χ3v) is 0.799. The SMILES string of the molecule is O=C([S-])CC(O)C(=O)[O-].[Au+].[K+]. The zero-order valence-corrected chi connectivity index (χ0v) is 11.8. The Hall–Kier alpha value is 1.70. The second-order valence-corrected chi connectivity index (χ2v) is 1.87. The largest absolute Gasteiger partial charge is 1.00 e. The van der Waals surface area contributed by atoms with E-state index in [-0.39, 0.29) is 73.8 Å². The Balaban J connectivity index is -0.000000320. The minimum Gasteiger partial charge on any atom is -0.742 e. The van der Waals surface area contributed by atoms with Gasteiger partial charge >= 0.3 is 73.8 Å². The van der Waals surface area contributed by atoms with Crippen molar-refractivity contribution in [3.8, 4) is 0 Å². The van der Waals surface area contributed by atoms with Crippen LogP contribution in [0.3, 0.4) is 0 Å². The minimum atomic E-state index is -1.75. The maximum absolute atomic E-state index is 9.92. The van der Waals surface area contributed by atoms with Gasteiger partial charge in [-0.1, -0.05) is 0 Å². The Morgan fingerprint density at radius 2 is 1.91 bits per heavy atom. The van der Waals surface area contributed by atoms with Gasteiger partial charge in [0.1, 0.15) is 0 Å². The van der Waals surface area contributed by atoms with Crippen LogP contribution in [0.15, 0.2) is 0 Å². The molecule has 0 aromatic rings. The quantitative estimate of drug-likeness (QED) is 0.388. The van der Waals surface area contributed by atoms with Crippen LogP contribution >= 0.6 is 0 Å². The standard InChI is InChI=1S/C4H6O4S.Au.K/c5-2(4(7)8)1-3(6)9;;/h2,5H,1H2,(H,6,9)(H,7,8);;/q;2*+1/p-2. The molecule has 0 saturated heterocycles. The van der Waals surface area contributed by atoms with Crippen molar-refractivity contribution in [2.24, 2.45) is 0 Å². The molecule has 62 valence electrons. The van der Waals surface area contributed by atoms with E-state index >= 15 is 0 Å². The van der Waals surface area contributed by atoms with Crippen molar-refractivity contribution in [1.29, 1.82) is 0 Å². The molecule has 0 radical (unpaired) electrons. The van der Waals surface area contributed by atoms with E-state index < -0.39 is 23.6 Å². The molecule has 0 rings (SSSR count). The van der Waals surface area contributed by atoms with Crippen molar-refractivity contribution in [3.63, 3.8) is 0 Å². The van der Waals surface area contributed by atoms with E-state index in [2.05, 4.69) is 12.6 Å². The molecule has 1 unspecified atom stereocenters. The molecule has 0 bridgehead atoms. The summed E-state index contributed by atoms with van der Waals surface area (Å²) in [6, 6.07) is 0. The van der Waals surface area contributed by atoms with Crippen molar-refractivity contribution in [3.05, 3.63) is 0 Å². The fourth-order valence-electron chi connectivity index (χ4n) is 0.241. The number of carbonyl (C=O) groups excluding carboxylic acids is 2. The van der Waals surface area contributed by atoms with Crippen LogP contribution in [0.4, 0.5) is 0 Å². The second kappa shape index (κ2) is 9.78. The molecule has 4 nitrogen and oxygen atoms in total. The van der Waals surface area contributed by atoms with Crippen LogP contribution in [-0.4, -0.2) is 22.3 Å². The monoisotopic (exact) mass is 384 g/mol. The molecule has 0 aliphatic heterocycles. The van der Waals surface area contributed by atoms with E-state index in [0.717, 1.165) is 0 Å². The maximum atomic E-state index is 9.92. The molecule has 1 atom stereocenters. The number of hydrogen-bond acceptors (Lipinski definition) is 5. The molecule has 0 amide bonds. The summed E-state index contributed by atoms with van der Waals surface area (Å²) in [7, 11) is 0. The van der Waals surface area contributed by atoms with Gasteiger partial charge in [-0.15, -0.1) is 0 Å². The Bertz CT molecular complexity index is 142. The number of carbonyl (C=O) groups is 2. The first-order chi connectivity index (χ1) is 4.04. The van der Waals surface area contributed by atoms with Gasteiger partial charge in [0, 0.05) is 11.5 Å². The Morgan fingerprint density at radius 3 is 2.00 bits per heavy atom. The van der Waals surface area contributed by atoms with E-state index in [1.165, 1.54) is 0 Å². The first-order valence-electron chi connectivity index (χ1n) is 2.13. The van der Waals surface area contributed by atoms with E-state index in [1.807, 2.05) is 0 Å². The summed E-state index contributed by atoms with van der Waals surface area (Å²) in [5, 5.41) is 17.2. The molecule has 0 aliphatic rings. The van der Waals surface area contributed by atoms with Crippen molar-refractivity contribution in [1.82, 2.24) is 0 Å². The molecule has 0 aromatic carbocycles. The molecule has 1 N–H and O–H groups in total. The van der Waals surface area contributed by atoms with Gasteiger partial charge in [-0.05, 0) is 0 Å². The molecule has 0 spiro atoms. The zero-order chi connectivity index (χ0) is 7.44. The maximum Gasteiger partial charge on any atom is 1.00 e. The number of rotatable bonds is 3. The predicted octanol–water partition coefficient (Wildman–Crippen LogP) is -5.44. The number of aliphatic hydroxyl groups excluding tert-OH is 1. The van der Waals surface area contributed by atoms with Gasteiger partial charge in [-0.3, -0.25) is 0 Å². The summed E-state index contributed by atoms with van der Waals surface area (Å²) in [6.07, 6.45) is -2.31. The number of aliphatic carboxylic acids is 1. The summed E-state index contributed by atoms with van der Waals surface area (Å²) in [5.41, 5.74) is 0. The van der Waals surface area contributed by atoms with E-state index in [9.17, 15) is 14.7 Å². The summed E-state index contributed by atoms with van der Waals surface area (Å²) < 4.78 is 0. The van der Waals surface area contributed by atoms with Gasteiger partial charge in [0.25, 0.3) is 0 Å². The molecule has 0 aromatic heterocycles. The Kier molecular flexibility index (Phi) is 16.4. The molecule has 0 fully saturated rings. The summed E-state index contributed by atoms with van der Waals surface area (Å²) in [4.78, 5) is 19.6. The van der Waals surface area contributed by atoms with Gasteiger partial charge in [-0.2, -0.15) is 0 Å². The van der Waals surface area contributed by atoms with Gasteiger partial charge in [0.2, 0.25) is 0 Å². The van der Waals surface area contributed by atoms with E-state index in [4.69, 9.17) is 5.11 Å². The van der Waals surface area contributed by atoms with Crippen LogP contribution < -0.4 is 56.5 Å². The smallest absolute Gasteiger partial charge is 0.742 e. The molecule has 11 heavy (non-hydrogen) atoms. The average molecular weight is 384 g/mol. The predicted molar refractivity (Wildman–Crippen MR) is 28.0 cm³/mol. The zero-order valence-electron chi connectivity index (χ0n) is 5.67. The number of hydrogen-bond donors (Lipinski definition) is 1. The first kappa shape index (κ1) is 18.5. The van der Waals surface area contributed by atoms with Crippen LogP contribution in [-0.2, 0) is 44.6 Å². The van der Waals surface area contributed by atoms with Crippen molar-refractivity contribution < 1.29 is 93.6 Å². The van der Waals surface area contributed by atoms with Gasteiger partial charge < -0.3 is 32.4 Å². The summed E-state index contributed by atoms with van der Waals surface area (Å²) >= 11 is 3.98. The summed E-state index contributed by atoms with van der Waals surface area (Å²) in [6.45, 7) is 0. The van der Waals surface area contributed by atoms with Gasteiger partial charge in [0.15, 0.2) is 0 Å². The fourth-order valence-corrected chi connectivity index (χ4v) is 0.399. The Labute approximate surface area is 127 Å². The van der Waals surface area contributed by atoms with Crippen LogP contribution in [0.5, 0.6) is 0 Å². The summed E-state index contributed by atoms with van der Waals surface area (Å²) in [5.74, 6) is -1.67. The third-order valence-electron chi connectivity index (χ3n) is 0.632. The van der Waals surface area contributed by atoms with E-state index in [1.54, 1.807) is 0 Å². The number of carboxylic acids is 1. The molecular formula is C4H4AuKO4S. The van der Waals surface area contributed by atoms with Crippen LogP contribution in [0.25, 0.3) is 0 Å². The number of aliphatic hydroxyl groups is 1. The van der Waals surface area contributed by atoms with Gasteiger partial charge in [0.05, 0.1) is 12.1 Å². The molecule has 0 saturated carbocycles. The molecule has 0 heterocycles.